The number of nitrogens with one attached hydrogen (secondary N) is 1. The molecule has 0 aromatic carbocycles. The summed E-state index contributed by atoms with van der Waals surface area (Å²) in [6.07, 6.45) is 10.6. The third kappa shape index (κ3) is 4.37. The van der Waals surface area contributed by atoms with Crippen molar-refractivity contribution in [3.05, 3.63) is 24.0 Å². The normalized spacial score (nSPS) is 15.1. The van der Waals surface area contributed by atoms with Crippen LogP contribution in [0.1, 0.15) is 58.1 Å². The highest BCUT2D eigenvalue weighted by atomic mass is 16.5. The number of ether oxygens (including phenoxy) is 1. The molecule has 1 aliphatic carbocycles. The number of pyridine rings is 1. The molecule has 1 aliphatic rings. The van der Waals surface area contributed by atoms with Crippen LogP contribution in [0.2, 0.25) is 0 Å². The number of amides is 2. The van der Waals surface area contributed by atoms with Crippen molar-refractivity contribution in [1.82, 2.24) is 14.7 Å². The van der Waals surface area contributed by atoms with Crippen molar-refractivity contribution < 1.29 is 9.53 Å². The van der Waals surface area contributed by atoms with Crippen LogP contribution in [0.25, 0.3) is 5.65 Å². The third-order valence-corrected chi connectivity index (χ3v) is 5.45. The minimum absolute atomic E-state index is 0.127. The number of fused-ring (bicyclic) bond motifs is 1. The summed E-state index contributed by atoms with van der Waals surface area (Å²) in [4.78, 5) is 18.7. The molecule has 27 heavy (non-hydrogen) atoms. The first-order valence-corrected chi connectivity index (χ1v) is 10.3. The largest absolute Gasteiger partial charge is 0.490 e. The summed E-state index contributed by atoms with van der Waals surface area (Å²) >= 11 is 0. The fraction of sp³-hybridized carbons (Fsp3) is 0.619. The van der Waals surface area contributed by atoms with E-state index in [4.69, 9.17) is 9.72 Å². The van der Waals surface area contributed by atoms with Crippen molar-refractivity contribution in [3.63, 3.8) is 0 Å². The number of aryl methyl sites for hydroxylation is 1. The van der Waals surface area contributed by atoms with Crippen molar-refractivity contribution >= 4 is 17.5 Å². The molecular weight excluding hydrogens is 340 g/mol. The van der Waals surface area contributed by atoms with Gasteiger partial charge in [0.1, 0.15) is 5.82 Å². The molecular formula is C21H32N4O2. The van der Waals surface area contributed by atoms with Gasteiger partial charge in [-0.2, -0.15) is 0 Å². The molecule has 0 aliphatic heterocycles. The molecule has 0 spiro atoms. The van der Waals surface area contributed by atoms with Gasteiger partial charge in [0.15, 0.2) is 11.4 Å². The Balaban J connectivity index is 1.80. The highest BCUT2D eigenvalue weighted by Gasteiger charge is 2.21. The van der Waals surface area contributed by atoms with Crippen LogP contribution < -0.4 is 15.0 Å². The Morgan fingerprint density at radius 3 is 2.81 bits per heavy atom. The number of aromatic nitrogens is 2. The molecule has 3 rings (SSSR count). The number of carbonyl (C=O) groups is 1. The predicted octanol–water partition coefficient (Wildman–Crippen LogP) is 4.41. The second kappa shape index (κ2) is 9.11. The van der Waals surface area contributed by atoms with Gasteiger partial charge < -0.3 is 10.1 Å². The number of anilines is 1. The van der Waals surface area contributed by atoms with Gasteiger partial charge in [0.05, 0.1) is 12.3 Å². The number of imidazole rings is 1. The average Bonchev–Trinajstić information content (AvgIpc) is 3.08. The molecule has 0 atom stereocenters. The van der Waals surface area contributed by atoms with Gasteiger partial charge in [-0.1, -0.05) is 39.0 Å². The highest BCUT2D eigenvalue weighted by Crippen LogP contribution is 2.29. The molecule has 6 nitrogen and oxygen atoms in total. The summed E-state index contributed by atoms with van der Waals surface area (Å²) < 4.78 is 8.08. The van der Waals surface area contributed by atoms with Crippen LogP contribution in [0, 0.1) is 5.92 Å². The quantitative estimate of drug-likeness (QED) is 0.783. The Labute approximate surface area is 161 Å². The van der Waals surface area contributed by atoms with Crippen molar-refractivity contribution in [2.75, 3.05) is 25.1 Å². The van der Waals surface area contributed by atoms with Crippen LogP contribution in [-0.4, -0.2) is 35.6 Å². The minimum Gasteiger partial charge on any atom is -0.490 e. The molecule has 2 aromatic rings. The standard InChI is InChI=1S/C21H32N4O2/c1-4-17-20(24(3)21(26)22-5-2)25-14-9-12-18(19(25)23-17)27-15-13-16-10-7-6-8-11-16/h9,12,14,16H,4-8,10-11,13,15H2,1-3H3,(H,22,26). The SMILES string of the molecule is CCNC(=O)N(C)c1c(CC)nc2c(OCCC3CCCCC3)cccn12. The van der Waals surface area contributed by atoms with Gasteiger partial charge in [0.25, 0.3) is 0 Å². The summed E-state index contributed by atoms with van der Waals surface area (Å²) in [5.41, 5.74) is 1.68. The van der Waals surface area contributed by atoms with E-state index in [-0.39, 0.29) is 6.03 Å². The monoisotopic (exact) mass is 372 g/mol. The summed E-state index contributed by atoms with van der Waals surface area (Å²) in [7, 11) is 1.78. The van der Waals surface area contributed by atoms with Crippen molar-refractivity contribution in [1.29, 1.82) is 0 Å². The zero-order valence-electron chi connectivity index (χ0n) is 16.8. The predicted molar refractivity (Wildman–Crippen MR) is 109 cm³/mol. The molecule has 0 saturated heterocycles. The van der Waals surface area contributed by atoms with Crippen molar-refractivity contribution in [3.8, 4) is 5.75 Å². The van der Waals surface area contributed by atoms with E-state index in [1.165, 1.54) is 32.1 Å². The summed E-state index contributed by atoms with van der Waals surface area (Å²) in [6.45, 7) is 5.29. The smallest absolute Gasteiger partial charge is 0.322 e. The first kappa shape index (κ1) is 19.5. The Morgan fingerprint density at radius 2 is 2.11 bits per heavy atom. The molecule has 0 radical (unpaired) electrons. The van der Waals surface area contributed by atoms with Gasteiger partial charge >= 0.3 is 6.03 Å². The summed E-state index contributed by atoms with van der Waals surface area (Å²) in [6, 6.07) is 3.80. The van der Waals surface area contributed by atoms with Crippen LogP contribution in [0.3, 0.4) is 0 Å². The number of urea groups is 1. The van der Waals surface area contributed by atoms with Crippen molar-refractivity contribution in [2.24, 2.45) is 5.92 Å². The fourth-order valence-electron chi connectivity index (χ4n) is 3.96. The van der Waals surface area contributed by atoms with E-state index in [1.807, 2.05) is 29.7 Å². The highest BCUT2D eigenvalue weighted by molar-refractivity contribution is 5.91. The number of nitrogens with zero attached hydrogens (tertiary/aromatic N) is 3. The van der Waals surface area contributed by atoms with Gasteiger partial charge in [-0.05, 0) is 37.8 Å². The van der Waals surface area contributed by atoms with E-state index in [0.717, 1.165) is 48.3 Å². The fourth-order valence-corrected chi connectivity index (χ4v) is 3.96. The molecule has 0 bridgehead atoms. The third-order valence-electron chi connectivity index (χ3n) is 5.45. The van der Waals surface area contributed by atoms with E-state index in [2.05, 4.69) is 12.2 Å². The Hall–Kier alpha value is -2.24. The van der Waals surface area contributed by atoms with Gasteiger partial charge in [-0.15, -0.1) is 0 Å². The number of hydrogen-bond acceptors (Lipinski definition) is 3. The average molecular weight is 373 g/mol. The molecule has 2 heterocycles. The number of carbonyl (C=O) groups excluding carboxylic acids is 1. The number of rotatable bonds is 7. The van der Waals surface area contributed by atoms with E-state index in [1.54, 1.807) is 11.9 Å². The van der Waals surface area contributed by atoms with Gasteiger partial charge in [0.2, 0.25) is 0 Å². The van der Waals surface area contributed by atoms with E-state index in [0.29, 0.717) is 6.54 Å². The first-order chi connectivity index (χ1) is 13.2. The van der Waals surface area contributed by atoms with Crippen LogP contribution in [0.5, 0.6) is 5.75 Å². The van der Waals surface area contributed by atoms with E-state index < -0.39 is 0 Å². The Kier molecular flexibility index (Phi) is 6.58. The lowest BCUT2D eigenvalue weighted by Crippen LogP contribution is -2.38. The molecule has 148 valence electrons. The second-order valence-corrected chi connectivity index (χ2v) is 7.34. The lowest BCUT2D eigenvalue weighted by Gasteiger charge is -2.21. The number of hydrogen-bond donors (Lipinski definition) is 1. The van der Waals surface area contributed by atoms with E-state index in [9.17, 15) is 4.79 Å². The molecule has 0 unspecified atom stereocenters. The molecule has 1 fully saturated rings. The zero-order valence-corrected chi connectivity index (χ0v) is 16.8. The van der Waals surface area contributed by atoms with E-state index >= 15 is 0 Å². The zero-order chi connectivity index (χ0) is 19.2. The summed E-state index contributed by atoms with van der Waals surface area (Å²) in [5.74, 6) is 2.39. The second-order valence-electron chi connectivity index (χ2n) is 7.34. The van der Waals surface area contributed by atoms with Crippen LogP contribution in [0.4, 0.5) is 10.6 Å². The van der Waals surface area contributed by atoms with Gasteiger partial charge in [-0.25, -0.2) is 9.78 Å². The molecule has 2 aromatic heterocycles. The van der Waals surface area contributed by atoms with Crippen LogP contribution >= 0.6 is 0 Å². The molecule has 6 heteroatoms. The topological polar surface area (TPSA) is 58.9 Å². The van der Waals surface area contributed by atoms with Crippen LogP contribution in [0.15, 0.2) is 18.3 Å². The maximum absolute atomic E-state index is 12.3. The minimum atomic E-state index is -0.127. The maximum atomic E-state index is 12.3. The van der Waals surface area contributed by atoms with Crippen LogP contribution in [-0.2, 0) is 6.42 Å². The molecule has 2 amide bonds. The molecule has 1 saturated carbocycles. The van der Waals surface area contributed by atoms with Gasteiger partial charge in [0, 0.05) is 19.8 Å². The molecule has 1 N–H and O–H groups in total. The first-order valence-electron chi connectivity index (χ1n) is 10.3. The Bertz CT molecular complexity index is 765. The Morgan fingerprint density at radius 1 is 1.33 bits per heavy atom. The van der Waals surface area contributed by atoms with Crippen molar-refractivity contribution in [2.45, 2.75) is 58.8 Å². The van der Waals surface area contributed by atoms with Gasteiger partial charge in [-0.3, -0.25) is 9.30 Å². The maximum Gasteiger partial charge on any atom is 0.322 e. The lowest BCUT2D eigenvalue weighted by molar-refractivity contribution is 0.246. The summed E-state index contributed by atoms with van der Waals surface area (Å²) in [5, 5.41) is 2.85. The lowest BCUT2D eigenvalue weighted by atomic mass is 9.87.